The summed E-state index contributed by atoms with van der Waals surface area (Å²) < 4.78 is 0. The van der Waals surface area contributed by atoms with E-state index >= 15 is 0 Å². The molecular weight excluding hydrogens is 230 g/mol. The van der Waals surface area contributed by atoms with Gasteiger partial charge in [-0.2, -0.15) is 0 Å². The molecule has 0 aromatic carbocycles. The molecule has 2 rings (SSSR count). The van der Waals surface area contributed by atoms with E-state index in [2.05, 4.69) is 15.2 Å². The van der Waals surface area contributed by atoms with Gasteiger partial charge in [-0.3, -0.25) is 9.78 Å². The van der Waals surface area contributed by atoms with Crippen LogP contribution in [0.15, 0.2) is 24.5 Å². The molecule has 2 N–H and O–H groups in total. The Morgan fingerprint density at radius 1 is 1.44 bits per heavy atom. The molecule has 0 radical (unpaired) electrons. The fourth-order valence-corrected chi connectivity index (χ4v) is 2.28. The van der Waals surface area contributed by atoms with E-state index < -0.39 is 12.0 Å². The summed E-state index contributed by atoms with van der Waals surface area (Å²) in [5, 5.41) is 12.0. The average Bonchev–Trinajstić information content (AvgIpc) is 2.40. The van der Waals surface area contributed by atoms with E-state index in [1.807, 2.05) is 12.1 Å². The maximum Gasteiger partial charge on any atom is 0.320 e. The summed E-state index contributed by atoms with van der Waals surface area (Å²) in [4.78, 5) is 17.1. The largest absolute Gasteiger partial charge is 0.480 e. The van der Waals surface area contributed by atoms with Crippen molar-refractivity contribution in [3.63, 3.8) is 0 Å². The molecule has 1 aromatic heterocycles. The Kier molecular flexibility index (Phi) is 4.15. The van der Waals surface area contributed by atoms with Gasteiger partial charge < -0.3 is 15.3 Å². The second-order valence-corrected chi connectivity index (χ2v) is 4.69. The monoisotopic (exact) mass is 249 g/mol. The number of hydrogen-bond acceptors (Lipinski definition) is 4. The number of nitrogens with zero attached hydrogens (tertiary/aromatic N) is 2. The highest BCUT2D eigenvalue weighted by atomic mass is 16.4. The van der Waals surface area contributed by atoms with E-state index in [0.29, 0.717) is 6.04 Å². The van der Waals surface area contributed by atoms with Gasteiger partial charge in [0.05, 0.1) is 0 Å². The first-order valence-corrected chi connectivity index (χ1v) is 6.30. The van der Waals surface area contributed by atoms with E-state index in [1.165, 1.54) is 5.69 Å². The third-order valence-corrected chi connectivity index (χ3v) is 3.38. The standard InChI is InChI=1S/C13H19N3O2/c1-10(13(17)18)15-11-4-8-16(9-5-11)12-2-6-14-7-3-12/h2-3,6-7,10-11,15H,4-5,8-9H2,1H3,(H,17,18). The number of aliphatic carboxylic acids is 1. The van der Waals surface area contributed by atoms with Crippen LogP contribution < -0.4 is 10.2 Å². The van der Waals surface area contributed by atoms with Crippen molar-refractivity contribution in [2.45, 2.75) is 31.8 Å². The second kappa shape index (κ2) is 5.82. The predicted molar refractivity (Wildman–Crippen MR) is 69.7 cm³/mol. The molecule has 0 aliphatic carbocycles. The van der Waals surface area contributed by atoms with Crippen LogP contribution in [0.4, 0.5) is 5.69 Å². The zero-order valence-corrected chi connectivity index (χ0v) is 10.5. The van der Waals surface area contributed by atoms with Crippen molar-refractivity contribution in [1.82, 2.24) is 10.3 Å². The number of carboxylic acids is 1. The van der Waals surface area contributed by atoms with E-state index in [4.69, 9.17) is 5.11 Å². The van der Waals surface area contributed by atoms with E-state index in [9.17, 15) is 4.79 Å². The maximum absolute atomic E-state index is 10.8. The van der Waals surface area contributed by atoms with Crippen LogP contribution in [-0.2, 0) is 4.79 Å². The SMILES string of the molecule is CC(NC1CCN(c2ccncc2)CC1)C(=O)O. The van der Waals surface area contributed by atoms with Crippen LogP contribution in [0.5, 0.6) is 0 Å². The first-order valence-electron chi connectivity index (χ1n) is 6.30. The molecule has 1 aromatic rings. The highest BCUT2D eigenvalue weighted by molar-refractivity contribution is 5.72. The first kappa shape index (κ1) is 12.8. The number of carboxylic acid groups (broad SMARTS) is 1. The van der Waals surface area contributed by atoms with Gasteiger partial charge in [-0.25, -0.2) is 0 Å². The van der Waals surface area contributed by atoms with E-state index in [1.54, 1.807) is 19.3 Å². The van der Waals surface area contributed by atoms with Gasteiger partial charge >= 0.3 is 5.97 Å². The third kappa shape index (κ3) is 3.20. The van der Waals surface area contributed by atoms with Crippen LogP contribution in [-0.4, -0.2) is 41.2 Å². The first-order chi connectivity index (χ1) is 8.66. The number of hydrogen-bond donors (Lipinski definition) is 2. The lowest BCUT2D eigenvalue weighted by Crippen LogP contribution is -2.47. The zero-order valence-electron chi connectivity index (χ0n) is 10.5. The molecule has 18 heavy (non-hydrogen) atoms. The van der Waals surface area contributed by atoms with Crippen molar-refractivity contribution < 1.29 is 9.90 Å². The van der Waals surface area contributed by atoms with Crippen molar-refractivity contribution in [3.05, 3.63) is 24.5 Å². The Morgan fingerprint density at radius 3 is 2.61 bits per heavy atom. The molecule has 0 spiro atoms. The molecule has 0 saturated carbocycles. The van der Waals surface area contributed by atoms with E-state index in [0.717, 1.165) is 25.9 Å². The van der Waals surface area contributed by atoms with Crippen LogP contribution >= 0.6 is 0 Å². The average molecular weight is 249 g/mol. The fraction of sp³-hybridized carbons (Fsp3) is 0.538. The molecule has 1 unspecified atom stereocenters. The summed E-state index contributed by atoms with van der Waals surface area (Å²) in [6.45, 7) is 3.60. The minimum absolute atomic E-state index is 0.300. The summed E-state index contributed by atoms with van der Waals surface area (Å²) >= 11 is 0. The van der Waals surface area contributed by atoms with Crippen molar-refractivity contribution in [3.8, 4) is 0 Å². The lowest BCUT2D eigenvalue weighted by atomic mass is 10.0. The Hall–Kier alpha value is -1.62. The van der Waals surface area contributed by atoms with Crippen LogP contribution in [0, 0.1) is 0 Å². The molecule has 1 atom stereocenters. The highest BCUT2D eigenvalue weighted by Gasteiger charge is 2.22. The van der Waals surface area contributed by atoms with Crippen LogP contribution in [0.3, 0.4) is 0 Å². The minimum atomic E-state index is -0.786. The smallest absolute Gasteiger partial charge is 0.320 e. The van der Waals surface area contributed by atoms with Crippen LogP contribution in [0.25, 0.3) is 0 Å². The summed E-state index contributed by atoms with van der Waals surface area (Å²) in [6, 6.07) is 3.85. The normalized spacial score (nSPS) is 18.6. The maximum atomic E-state index is 10.8. The molecule has 1 aliphatic heterocycles. The number of aromatic nitrogens is 1. The third-order valence-electron chi connectivity index (χ3n) is 3.38. The van der Waals surface area contributed by atoms with Gasteiger partial charge in [-0.1, -0.05) is 0 Å². The van der Waals surface area contributed by atoms with Crippen molar-refractivity contribution in [2.75, 3.05) is 18.0 Å². The number of rotatable bonds is 4. The number of nitrogens with one attached hydrogen (secondary N) is 1. The Morgan fingerprint density at radius 2 is 2.06 bits per heavy atom. The van der Waals surface area contributed by atoms with Gasteiger partial charge in [-0.15, -0.1) is 0 Å². The van der Waals surface area contributed by atoms with Gasteiger partial charge in [0.1, 0.15) is 6.04 Å². The molecule has 5 heteroatoms. The van der Waals surface area contributed by atoms with E-state index in [-0.39, 0.29) is 0 Å². The molecule has 0 bridgehead atoms. The van der Waals surface area contributed by atoms with Gasteiger partial charge in [0.25, 0.3) is 0 Å². The molecule has 1 aliphatic rings. The van der Waals surface area contributed by atoms with Gasteiger partial charge in [0.15, 0.2) is 0 Å². The predicted octanol–water partition coefficient (Wildman–Crippen LogP) is 1.11. The van der Waals surface area contributed by atoms with Gasteiger partial charge in [0, 0.05) is 37.2 Å². The number of pyridine rings is 1. The van der Waals surface area contributed by atoms with Gasteiger partial charge in [-0.05, 0) is 31.9 Å². The molecule has 2 heterocycles. The molecule has 1 saturated heterocycles. The van der Waals surface area contributed by atoms with Crippen LogP contribution in [0.1, 0.15) is 19.8 Å². The fourth-order valence-electron chi connectivity index (χ4n) is 2.28. The van der Waals surface area contributed by atoms with Crippen LogP contribution in [0.2, 0.25) is 0 Å². The summed E-state index contributed by atoms with van der Waals surface area (Å²) in [5.74, 6) is -0.786. The topological polar surface area (TPSA) is 65.5 Å². The molecule has 0 amide bonds. The summed E-state index contributed by atoms with van der Waals surface area (Å²) in [7, 11) is 0. The highest BCUT2D eigenvalue weighted by Crippen LogP contribution is 2.19. The van der Waals surface area contributed by atoms with Gasteiger partial charge in [0.2, 0.25) is 0 Å². The Bertz CT molecular complexity index is 388. The molecule has 1 fully saturated rings. The number of piperidine rings is 1. The lowest BCUT2D eigenvalue weighted by molar-refractivity contribution is -0.139. The summed E-state index contributed by atoms with van der Waals surface area (Å²) in [5.41, 5.74) is 1.19. The number of anilines is 1. The Balaban J connectivity index is 1.83. The van der Waals surface area contributed by atoms with Crippen molar-refractivity contribution in [2.24, 2.45) is 0 Å². The molecular formula is C13H19N3O2. The number of carbonyl (C=O) groups is 1. The van der Waals surface area contributed by atoms with Crippen molar-refractivity contribution in [1.29, 1.82) is 0 Å². The summed E-state index contributed by atoms with van der Waals surface area (Å²) in [6.07, 6.45) is 5.54. The lowest BCUT2D eigenvalue weighted by Gasteiger charge is -2.34. The molecule has 5 nitrogen and oxygen atoms in total. The van der Waals surface area contributed by atoms with Crippen molar-refractivity contribution >= 4 is 11.7 Å². The molecule has 98 valence electrons. The minimum Gasteiger partial charge on any atom is -0.480 e. The second-order valence-electron chi connectivity index (χ2n) is 4.69. The Labute approximate surface area is 107 Å². The zero-order chi connectivity index (χ0) is 13.0. The quantitative estimate of drug-likeness (QED) is 0.837.